The van der Waals surface area contributed by atoms with E-state index < -0.39 is 18.0 Å². The molecular formula is C14H22N2O3S2. The molecule has 0 fully saturated rings. The number of carbonyl (C=O) groups excluding carboxylic acids is 1. The first-order valence-electron chi connectivity index (χ1n) is 6.90. The predicted octanol–water partition coefficient (Wildman–Crippen LogP) is 3.09. The van der Waals surface area contributed by atoms with E-state index in [0.717, 1.165) is 17.7 Å². The van der Waals surface area contributed by atoms with Crippen molar-refractivity contribution in [1.82, 2.24) is 10.6 Å². The molecule has 0 saturated heterocycles. The van der Waals surface area contributed by atoms with Crippen LogP contribution in [0.25, 0.3) is 0 Å². The minimum absolute atomic E-state index is 0.0648. The Hall–Kier alpha value is -1.21. The molecule has 0 saturated carbocycles. The average molecular weight is 330 g/mol. The molecule has 0 aliphatic carbocycles. The van der Waals surface area contributed by atoms with Crippen LogP contribution in [0, 0.1) is 0 Å². The number of hydrogen-bond acceptors (Lipinski definition) is 4. The highest BCUT2D eigenvalue weighted by molar-refractivity contribution is 7.98. The van der Waals surface area contributed by atoms with E-state index in [1.165, 1.54) is 0 Å². The van der Waals surface area contributed by atoms with Crippen molar-refractivity contribution in [3.05, 3.63) is 22.4 Å². The maximum atomic E-state index is 12.0. The van der Waals surface area contributed by atoms with E-state index >= 15 is 0 Å². The van der Waals surface area contributed by atoms with Gasteiger partial charge in [-0.2, -0.15) is 11.8 Å². The first-order valence-corrected chi connectivity index (χ1v) is 9.18. The van der Waals surface area contributed by atoms with Crippen LogP contribution in [0.3, 0.4) is 0 Å². The lowest BCUT2D eigenvalue weighted by Gasteiger charge is -2.20. The molecule has 3 N–H and O–H groups in total. The number of carboxylic acids is 1. The molecule has 0 radical (unpaired) electrons. The van der Waals surface area contributed by atoms with Crippen molar-refractivity contribution in [3.63, 3.8) is 0 Å². The van der Waals surface area contributed by atoms with Crippen molar-refractivity contribution in [2.45, 2.75) is 38.3 Å². The summed E-state index contributed by atoms with van der Waals surface area (Å²) in [6.07, 6.45) is 4.10. The Morgan fingerprint density at radius 3 is 2.67 bits per heavy atom. The van der Waals surface area contributed by atoms with Crippen LogP contribution >= 0.6 is 23.1 Å². The van der Waals surface area contributed by atoms with Crippen LogP contribution in [-0.2, 0) is 4.79 Å². The third kappa shape index (κ3) is 6.39. The van der Waals surface area contributed by atoms with Gasteiger partial charge in [0.15, 0.2) is 0 Å². The van der Waals surface area contributed by atoms with Gasteiger partial charge in [0.2, 0.25) is 0 Å². The van der Waals surface area contributed by atoms with Crippen molar-refractivity contribution in [3.8, 4) is 0 Å². The fourth-order valence-electron chi connectivity index (χ4n) is 1.92. The van der Waals surface area contributed by atoms with Gasteiger partial charge in [-0.1, -0.05) is 19.4 Å². The number of amides is 2. The zero-order valence-corrected chi connectivity index (χ0v) is 13.9. The van der Waals surface area contributed by atoms with Gasteiger partial charge in [-0.15, -0.1) is 11.3 Å². The zero-order valence-electron chi connectivity index (χ0n) is 12.3. The third-order valence-corrected chi connectivity index (χ3v) is 4.61. The Bertz CT molecular complexity index is 437. The largest absolute Gasteiger partial charge is 0.480 e. The second-order valence-corrected chi connectivity index (χ2v) is 6.61. The Morgan fingerprint density at radius 1 is 1.38 bits per heavy atom. The van der Waals surface area contributed by atoms with E-state index in [1.807, 2.05) is 23.8 Å². The molecule has 0 aromatic carbocycles. The van der Waals surface area contributed by atoms with E-state index in [1.54, 1.807) is 23.1 Å². The summed E-state index contributed by atoms with van der Waals surface area (Å²) >= 11 is 3.15. The molecule has 0 aliphatic rings. The molecule has 0 spiro atoms. The highest BCUT2D eigenvalue weighted by Gasteiger charge is 2.21. The number of urea groups is 1. The minimum atomic E-state index is -0.998. The van der Waals surface area contributed by atoms with E-state index in [4.69, 9.17) is 5.11 Å². The molecule has 118 valence electrons. The zero-order chi connectivity index (χ0) is 15.7. The van der Waals surface area contributed by atoms with E-state index in [-0.39, 0.29) is 6.04 Å². The second kappa shape index (κ2) is 9.68. The topological polar surface area (TPSA) is 78.4 Å². The summed E-state index contributed by atoms with van der Waals surface area (Å²) in [6, 6.07) is 2.59. The first-order chi connectivity index (χ1) is 10.1. The Kier molecular flexibility index (Phi) is 8.22. The van der Waals surface area contributed by atoms with Crippen LogP contribution < -0.4 is 10.6 Å². The average Bonchev–Trinajstić information content (AvgIpc) is 2.96. The molecule has 21 heavy (non-hydrogen) atoms. The standard InChI is InChI=1S/C14H22N2O3S2/c1-3-5-10(12-6-4-8-21-12)15-14(19)16-11(13(17)18)7-9-20-2/h4,6,8,10-11H,3,5,7,9H2,1-2H3,(H,17,18)(H2,15,16,19)/t10?,11-/m0/s1. The number of nitrogens with one attached hydrogen (secondary N) is 2. The van der Waals surface area contributed by atoms with Gasteiger partial charge in [0.05, 0.1) is 6.04 Å². The van der Waals surface area contributed by atoms with Gasteiger partial charge >= 0.3 is 12.0 Å². The third-order valence-electron chi connectivity index (χ3n) is 2.98. The lowest BCUT2D eigenvalue weighted by Crippen LogP contribution is -2.47. The Balaban J connectivity index is 2.58. The predicted molar refractivity (Wildman–Crippen MR) is 88.1 cm³/mol. The molecule has 1 aromatic rings. The molecule has 5 nitrogen and oxygen atoms in total. The summed E-state index contributed by atoms with van der Waals surface area (Å²) in [4.78, 5) is 24.2. The molecular weight excluding hydrogens is 308 g/mol. The SMILES string of the molecule is CCCC(NC(=O)N[C@@H](CCSC)C(=O)O)c1cccs1. The van der Waals surface area contributed by atoms with Crippen LogP contribution in [0.4, 0.5) is 4.79 Å². The summed E-state index contributed by atoms with van der Waals surface area (Å²) in [7, 11) is 0. The molecule has 0 bridgehead atoms. The van der Waals surface area contributed by atoms with Gasteiger partial charge in [-0.3, -0.25) is 0 Å². The maximum Gasteiger partial charge on any atom is 0.326 e. The van der Waals surface area contributed by atoms with Crippen molar-refractivity contribution in [1.29, 1.82) is 0 Å². The van der Waals surface area contributed by atoms with Crippen LogP contribution in [0.1, 0.15) is 37.1 Å². The van der Waals surface area contributed by atoms with Crippen molar-refractivity contribution >= 4 is 35.1 Å². The second-order valence-electron chi connectivity index (χ2n) is 4.65. The van der Waals surface area contributed by atoms with E-state index in [0.29, 0.717) is 12.2 Å². The van der Waals surface area contributed by atoms with E-state index in [9.17, 15) is 9.59 Å². The van der Waals surface area contributed by atoms with Gasteiger partial charge in [-0.05, 0) is 36.3 Å². The van der Waals surface area contributed by atoms with Gasteiger partial charge < -0.3 is 15.7 Å². The Labute approximate surface area is 133 Å². The first kappa shape index (κ1) is 17.8. The quantitative estimate of drug-likeness (QED) is 0.650. The highest BCUT2D eigenvalue weighted by Crippen LogP contribution is 2.23. The molecule has 1 aromatic heterocycles. The van der Waals surface area contributed by atoms with Gasteiger partial charge in [0.1, 0.15) is 6.04 Å². The van der Waals surface area contributed by atoms with Gasteiger partial charge in [0, 0.05) is 4.88 Å². The number of carbonyl (C=O) groups is 2. The van der Waals surface area contributed by atoms with Crippen LogP contribution in [-0.4, -0.2) is 35.2 Å². The maximum absolute atomic E-state index is 12.0. The number of thiophene rings is 1. The number of rotatable bonds is 9. The number of aliphatic carboxylic acids is 1. The number of carboxylic acid groups (broad SMARTS) is 1. The molecule has 2 amide bonds. The van der Waals surface area contributed by atoms with Gasteiger partial charge in [0.25, 0.3) is 0 Å². The van der Waals surface area contributed by atoms with Crippen LogP contribution in [0.5, 0.6) is 0 Å². The highest BCUT2D eigenvalue weighted by atomic mass is 32.2. The minimum Gasteiger partial charge on any atom is -0.480 e. The fourth-order valence-corrected chi connectivity index (χ4v) is 3.20. The van der Waals surface area contributed by atoms with Crippen molar-refractivity contribution < 1.29 is 14.7 Å². The lowest BCUT2D eigenvalue weighted by atomic mass is 10.1. The number of thioether (sulfide) groups is 1. The lowest BCUT2D eigenvalue weighted by molar-refractivity contribution is -0.139. The molecule has 1 rings (SSSR count). The monoisotopic (exact) mass is 330 g/mol. The number of hydrogen-bond donors (Lipinski definition) is 3. The Morgan fingerprint density at radius 2 is 2.14 bits per heavy atom. The van der Waals surface area contributed by atoms with E-state index in [2.05, 4.69) is 17.6 Å². The molecule has 1 heterocycles. The molecule has 2 atom stereocenters. The van der Waals surface area contributed by atoms with Crippen molar-refractivity contribution in [2.75, 3.05) is 12.0 Å². The normalized spacial score (nSPS) is 13.4. The molecule has 0 aliphatic heterocycles. The van der Waals surface area contributed by atoms with Gasteiger partial charge in [-0.25, -0.2) is 9.59 Å². The fraction of sp³-hybridized carbons (Fsp3) is 0.571. The summed E-state index contributed by atoms with van der Waals surface area (Å²) in [5, 5.41) is 16.5. The smallest absolute Gasteiger partial charge is 0.326 e. The molecule has 7 heteroatoms. The van der Waals surface area contributed by atoms with Crippen LogP contribution in [0.15, 0.2) is 17.5 Å². The summed E-state index contributed by atoms with van der Waals surface area (Å²) in [6.45, 7) is 2.05. The summed E-state index contributed by atoms with van der Waals surface area (Å²) < 4.78 is 0. The molecule has 1 unspecified atom stereocenters. The summed E-state index contributed by atoms with van der Waals surface area (Å²) in [5.74, 6) is -0.303. The van der Waals surface area contributed by atoms with Crippen LogP contribution in [0.2, 0.25) is 0 Å². The van der Waals surface area contributed by atoms with Crippen molar-refractivity contribution in [2.24, 2.45) is 0 Å². The summed E-state index contributed by atoms with van der Waals surface area (Å²) in [5.41, 5.74) is 0.